The molecule has 0 aliphatic carbocycles. The molecule has 1 saturated heterocycles. The molecule has 2 atom stereocenters. The first-order chi connectivity index (χ1) is 10.3. The van der Waals surface area contributed by atoms with E-state index in [1.807, 2.05) is 18.2 Å². The Labute approximate surface area is 130 Å². The molecule has 0 radical (unpaired) electrons. The first kappa shape index (κ1) is 14.7. The summed E-state index contributed by atoms with van der Waals surface area (Å²) in [5.41, 5.74) is 2.25. The highest BCUT2D eigenvalue weighted by molar-refractivity contribution is 7.09. The topological polar surface area (TPSA) is 36.4 Å². The molecule has 21 heavy (non-hydrogen) atoms. The first-order valence-corrected chi connectivity index (χ1v) is 8.49. The van der Waals surface area contributed by atoms with Crippen LogP contribution < -0.4 is 0 Å². The molecule has 1 aromatic carbocycles. The van der Waals surface area contributed by atoms with Gasteiger partial charge >= 0.3 is 0 Å². The van der Waals surface area contributed by atoms with Gasteiger partial charge in [-0.1, -0.05) is 30.3 Å². The number of rotatable bonds is 4. The second-order valence-electron chi connectivity index (χ2n) is 5.90. The van der Waals surface area contributed by atoms with Crippen molar-refractivity contribution in [3.63, 3.8) is 0 Å². The van der Waals surface area contributed by atoms with Crippen molar-refractivity contribution < 1.29 is 5.11 Å². The quantitative estimate of drug-likeness (QED) is 0.940. The van der Waals surface area contributed by atoms with Crippen LogP contribution in [0.5, 0.6) is 0 Å². The van der Waals surface area contributed by atoms with Gasteiger partial charge < -0.3 is 5.11 Å². The van der Waals surface area contributed by atoms with Gasteiger partial charge in [-0.2, -0.15) is 0 Å². The summed E-state index contributed by atoms with van der Waals surface area (Å²) < 4.78 is 0. The molecule has 1 fully saturated rings. The van der Waals surface area contributed by atoms with Gasteiger partial charge in [-0.15, -0.1) is 11.3 Å². The maximum atomic E-state index is 9.37. The Morgan fingerprint density at radius 2 is 2.10 bits per heavy atom. The minimum atomic E-state index is 0.302. The van der Waals surface area contributed by atoms with Gasteiger partial charge in [0.2, 0.25) is 0 Å². The van der Waals surface area contributed by atoms with Gasteiger partial charge in [-0.25, -0.2) is 4.98 Å². The molecule has 1 aliphatic rings. The fourth-order valence-electron chi connectivity index (χ4n) is 2.93. The van der Waals surface area contributed by atoms with Crippen LogP contribution in [0, 0.1) is 5.92 Å². The van der Waals surface area contributed by atoms with Gasteiger partial charge in [-0.3, -0.25) is 4.90 Å². The number of thiazole rings is 1. The molecule has 0 spiro atoms. The van der Waals surface area contributed by atoms with Crippen LogP contribution in [0.2, 0.25) is 0 Å². The highest BCUT2D eigenvalue weighted by Crippen LogP contribution is 2.26. The van der Waals surface area contributed by atoms with E-state index in [9.17, 15) is 5.11 Å². The molecule has 0 bridgehead atoms. The number of piperidine rings is 1. The third kappa shape index (κ3) is 3.51. The van der Waals surface area contributed by atoms with Gasteiger partial charge in [0.05, 0.1) is 12.2 Å². The highest BCUT2D eigenvalue weighted by atomic mass is 32.1. The molecule has 4 heteroatoms. The van der Waals surface area contributed by atoms with Crippen LogP contribution in [0.25, 0.3) is 11.3 Å². The normalized spacial score (nSPS) is 23.3. The minimum absolute atomic E-state index is 0.302. The third-order valence-electron chi connectivity index (χ3n) is 4.33. The number of aromatic nitrogens is 1. The van der Waals surface area contributed by atoms with Crippen LogP contribution in [-0.2, 0) is 6.54 Å². The van der Waals surface area contributed by atoms with Crippen molar-refractivity contribution in [3.05, 3.63) is 40.7 Å². The summed E-state index contributed by atoms with van der Waals surface area (Å²) in [6.07, 6.45) is 2.31. The van der Waals surface area contributed by atoms with E-state index in [-0.39, 0.29) is 0 Å². The van der Waals surface area contributed by atoms with E-state index in [1.165, 1.54) is 17.0 Å². The maximum absolute atomic E-state index is 9.37. The SMILES string of the molecule is CC1CCC(CO)CN1Cc1nc(-c2ccccc2)cs1. The average Bonchev–Trinajstić information content (AvgIpc) is 2.99. The van der Waals surface area contributed by atoms with Gasteiger partial charge in [0.25, 0.3) is 0 Å². The van der Waals surface area contributed by atoms with Crippen molar-refractivity contribution in [2.75, 3.05) is 13.2 Å². The summed E-state index contributed by atoms with van der Waals surface area (Å²) in [5.74, 6) is 0.426. The second-order valence-corrected chi connectivity index (χ2v) is 6.84. The van der Waals surface area contributed by atoms with Gasteiger partial charge in [0, 0.05) is 30.1 Å². The first-order valence-electron chi connectivity index (χ1n) is 7.61. The molecule has 2 heterocycles. The Balaban J connectivity index is 1.69. The summed E-state index contributed by atoms with van der Waals surface area (Å²) in [6.45, 7) is 4.46. The number of aliphatic hydroxyl groups is 1. The highest BCUT2D eigenvalue weighted by Gasteiger charge is 2.25. The number of hydrogen-bond acceptors (Lipinski definition) is 4. The minimum Gasteiger partial charge on any atom is -0.396 e. The van der Waals surface area contributed by atoms with E-state index >= 15 is 0 Å². The molecular weight excluding hydrogens is 280 g/mol. The number of nitrogens with zero attached hydrogens (tertiary/aromatic N) is 2. The van der Waals surface area contributed by atoms with Gasteiger partial charge in [-0.05, 0) is 25.7 Å². The molecule has 1 N–H and O–H groups in total. The molecule has 3 nitrogen and oxygen atoms in total. The number of benzene rings is 1. The maximum Gasteiger partial charge on any atom is 0.107 e. The lowest BCUT2D eigenvalue weighted by atomic mass is 9.94. The van der Waals surface area contributed by atoms with Crippen LogP contribution in [0.4, 0.5) is 0 Å². The molecule has 3 rings (SSSR count). The monoisotopic (exact) mass is 302 g/mol. The van der Waals surface area contributed by atoms with Crippen LogP contribution in [0.15, 0.2) is 35.7 Å². The predicted octanol–water partition coefficient (Wildman–Crippen LogP) is 3.40. The summed E-state index contributed by atoms with van der Waals surface area (Å²) in [5, 5.41) is 12.7. The van der Waals surface area contributed by atoms with Crippen molar-refractivity contribution in [2.24, 2.45) is 5.92 Å². The Morgan fingerprint density at radius 1 is 1.29 bits per heavy atom. The van der Waals surface area contributed by atoms with Crippen molar-refractivity contribution in [3.8, 4) is 11.3 Å². The van der Waals surface area contributed by atoms with Crippen LogP contribution in [0.1, 0.15) is 24.8 Å². The summed E-state index contributed by atoms with van der Waals surface area (Å²) in [7, 11) is 0. The predicted molar refractivity (Wildman–Crippen MR) is 87.2 cm³/mol. The molecule has 1 aromatic heterocycles. The van der Waals surface area contributed by atoms with Gasteiger partial charge in [0.1, 0.15) is 5.01 Å². The fourth-order valence-corrected chi connectivity index (χ4v) is 3.76. The van der Waals surface area contributed by atoms with E-state index in [2.05, 4.69) is 29.3 Å². The van der Waals surface area contributed by atoms with Crippen molar-refractivity contribution in [1.82, 2.24) is 9.88 Å². The molecule has 2 aromatic rings. The number of hydrogen-bond donors (Lipinski definition) is 1. The molecule has 2 unspecified atom stereocenters. The van der Waals surface area contributed by atoms with E-state index in [0.29, 0.717) is 18.6 Å². The summed E-state index contributed by atoms with van der Waals surface area (Å²) >= 11 is 1.73. The number of likely N-dealkylation sites (tertiary alicyclic amines) is 1. The standard InChI is InChI=1S/C17H22N2OS/c1-13-7-8-14(11-20)9-19(13)10-17-18-16(12-21-17)15-5-3-2-4-6-15/h2-6,12-14,20H,7-11H2,1H3. The van der Waals surface area contributed by atoms with Crippen molar-refractivity contribution in [2.45, 2.75) is 32.4 Å². The number of aliphatic hydroxyl groups excluding tert-OH is 1. The van der Waals surface area contributed by atoms with Crippen molar-refractivity contribution >= 4 is 11.3 Å². The Kier molecular flexibility index (Phi) is 4.68. The lowest BCUT2D eigenvalue weighted by Crippen LogP contribution is -2.42. The molecular formula is C17H22N2OS. The summed E-state index contributed by atoms with van der Waals surface area (Å²) in [4.78, 5) is 7.23. The largest absolute Gasteiger partial charge is 0.396 e. The third-order valence-corrected chi connectivity index (χ3v) is 5.16. The lowest BCUT2D eigenvalue weighted by Gasteiger charge is -2.36. The Hall–Kier alpha value is -1.23. The smallest absolute Gasteiger partial charge is 0.107 e. The zero-order valence-corrected chi connectivity index (χ0v) is 13.2. The van der Waals surface area contributed by atoms with Crippen LogP contribution >= 0.6 is 11.3 Å². The summed E-state index contributed by atoms with van der Waals surface area (Å²) in [6, 6.07) is 10.9. The fraction of sp³-hybridized carbons (Fsp3) is 0.471. The van der Waals surface area contributed by atoms with E-state index in [0.717, 1.165) is 25.2 Å². The Bertz CT molecular complexity index is 569. The van der Waals surface area contributed by atoms with Crippen LogP contribution in [0.3, 0.4) is 0 Å². The molecule has 0 amide bonds. The van der Waals surface area contributed by atoms with E-state index in [1.54, 1.807) is 11.3 Å². The molecule has 0 saturated carbocycles. The van der Waals surface area contributed by atoms with Crippen LogP contribution in [-0.4, -0.2) is 34.2 Å². The average molecular weight is 302 g/mol. The zero-order chi connectivity index (χ0) is 14.7. The Morgan fingerprint density at radius 3 is 2.86 bits per heavy atom. The zero-order valence-electron chi connectivity index (χ0n) is 12.4. The van der Waals surface area contributed by atoms with Crippen molar-refractivity contribution in [1.29, 1.82) is 0 Å². The second kappa shape index (κ2) is 6.69. The molecule has 1 aliphatic heterocycles. The van der Waals surface area contributed by atoms with Gasteiger partial charge in [0.15, 0.2) is 0 Å². The lowest BCUT2D eigenvalue weighted by molar-refractivity contribution is 0.0771. The molecule has 112 valence electrons. The van der Waals surface area contributed by atoms with E-state index < -0.39 is 0 Å². The van der Waals surface area contributed by atoms with E-state index in [4.69, 9.17) is 4.98 Å².